The van der Waals surface area contributed by atoms with Gasteiger partial charge in [0.25, 0.3) is 0 Å². The molecule has 0 saturated heterocycles. The Hall–Kier alpha value is -0.510. The first-order valence-electron chi connectivity index (χ1n) is 6.10. The number of methoxy groups -OCH3 is 1. The standard InChI is InChI=1S/C14H23NOS/c1-11(9-10-16-4)17-14-7-5-13(6-8-14)12(2)15-3/h5-8,11-12,15H,9-10H2,1-4H3. The third-order valence-electron chi connectivity index (χ3n) is 2.88. The molecule has 0 saturated carbocycles. The van der Waals surface area contributed by atoms with E-state index in [0.717, 1.165) is 13.0 Å². The van der Waals surface area contributed by atoms with Gasteiger partial charge in [-0.2, -0.15) is 0 Å². The van der Waals surface area contributed by atoms with Crippen molar-refractivity contribution < 1.29 is 4.74 Å². The van der Waals surface area contributed by atoms with Gasteiger partial charge in [0.1, 0.15) is 0 Å². The molecule has 0 amide bonds. The fourth-order valence-corrected chi connectivity index (χ4v) is 2.55. The van der Waals surface area contributed by atoms with Crippen molar-refractivity contribution in [3.63, 3.8) is 0 Å². The lowest BCUT2D eigenvalue weighted by molar-refractivity contribution is 0.195. The van der Waals surface area contributed by atoms with Crippen molar-refractivity contribution in [3.05, 3.63) is 29.8 Å². The summed E-state index contributed by atoms with van der Waals surface area (Å²) in [4.78, 5) is 1.33. The summed E-state index contributed by atoms with van der Waals surface area (Å²) < 4.78 is 5.09. The predicted molar refractivity (Wildman–Crippen MR) is 75.7 cm³/mol. The second kappa shape index (κ2) is 7.75. The van der Waals surface area contributed by atoms with Crippen LogP contribution in [0.15, 0.2) is 29.2 Å². The molecule has 1 aromatic rings. The summed E-state index contributed by atoms with van der Waals surface area (Å²) in [6.07, 6.45) is 1.09. The SMILES string of the molecule is CNC(C)c1ccc(SC(C)CCOC)cc1. The van der Waals surface area contributed by atoms with Crippen molar-refractivity contribution in [1.82, 2.24) is 5.32 Å². The van der Waals surface area contributed by atoms with Crippen molar-refractivity contribution in [2.24, 2.45) is 0 Å². The van der Waals surface area contributed by atoms with Crippen LogP contribution in [0.5, 0.6) is 0 Å². The maximum Gasteiger partial charge on any atom is 0.0472 e. The van der Waals surface area contributed by atoms with E-state index < -0.39 is 0 Å². The normalized spacial score (nSPS) is 14.6. The van der Waals surface area contributed by atoms with Gasteiger partial charge in [-0.1, -0.05) is 19.1 Å². The fraction of sp³-hybridized carbons (Fsp3) is 0.571. The van der Waals surface area contributed by atoms with Crippen LogP contribution in [0.4, 0.5) is 0 Å². The van der Waals surface area contributed by atoms with Gasteiger partial charge in [0, 0.05) is 29.9 Å². The predicted octanol–water partition coefficient (Wildman–Crippen LogP) is 3.48. The third-order valence-corrected chi connectivity index (χ3v) is 4.06. The molecule has 96 valence electrons. The number of hydrogen-bond donors (Lipinski definition) is 1. The zero-order chi connectivity index (χ0) is 12.7. The summed E-state index contributed by atoms with van der Waals surface area (Å²) in [5, 5.41) is 3.85. The minimum Gasteiger partial charge on any atom is -0.385 e. The largest absolute Gasteiger partial charge is 0.385 e. The van der Waals surface area contributed by atoms with Gasteiger partial charge < -0.3 is 10.1 Å². The van der Waals surface area contributed by atoms with Gasteiger partial charge in [0.15, 0.2) is 0 Å². The maximum atomic E-state index is 5.09. The number of rotatable bonds is 7. The summed E-state index contributed by atoms with van der Waals surface area (Å²) in [6.45, 7) is 5.25. The lowest BCUT2D eigenvalue weighted by Crippen LogP contribution is -2.11. The number of thioether (sulfide) groups is 1. The Bertz CT molecular complexity index is 313. The quantitative estimate of drug-likeness (QED) is 0.752. The highest BCUT2D eigenvalue weighted by Crippen LogP contribution is 2.26. The molecule has 0 heterocycles. The van der Waals surface area contributed by atoms with Crippen molar-refractivity contribution in [2.75, 3.05) is 20.8 Å². The van der Waals surface area contributed by atoms with Crippen LogP contribution in [0.2, 0.25) is 0 Å². The number of hydrogen-bond acceptors (Lipinski definition) is 3. The molecule has 17 heavy (non-hydrogen) atoms. The molecule has 0 aliphatic heterocycles. The van der Waals surface area contributed by atoms with Crippen LogP contribution in [-0.4, -0.2) is 26.0 Å². The molecule has 0 radical (unpaired) electrons. The molecule has 2 atom stereocenters. The van der Waals surface area contributed by atoms with Crippen molar-refractivity contribution in [2.45, 2.75) is 36.5 Å². The Kier molecular flexibility index (Phi) is 6.63. The van der Waals surface area contributed by atoms with Gasteiger partial charge in [-0.25, -0.2) is 0 Å². The lowest BCUT2D eigenvalue weighted by atomic mass is 10.1. The number of benzene rings is 1. The van der Waals surface area contributed by atoms with Crippen LogP contribution >= 0.6 is 11.8 Å². The molecule has 3 heteroatoms. The van der Waals surface area contributed by atoms with Gasteiger partial charge in [-0.15, -0.1) is 11.8 Å². The van der Waals surface area contributed by atoms with Crippen LogP contribution in [0.25, 0.3) is 0 Å². The average molecular weight is 253 g/mol. The average Bonchev–Trinajstić information content (AvgIpc) is 2.36. The minimum absolute atomic E-state index is 0.417. The van der Waals surface area contributed by atoms with E-state index in [9.17, 15) is 0 Å². The molecule has 0 aliphatic carbocycles. The fourth-order valence-electron chi connectivity index (χ4n) is 1.58. The molecule has 0 fully saturated rings. The highest BCUT2D eigenvalue weighted by molar-refractivity contribution is 7.99. The summed E-state index contributed by atoms with van der Waals surface area (Å²) >= 11 is 1.91. The topological polar surface area (TPSA) is 21.3 Å². The molecule has 0 aliphatic rings. The van der Waals surface area contributed by atoms with E-state index in [-0.39, 0.29) is 0 Å². The summed E-state index contributed by atoms with van der Waals surface area (Å²) in [6, 6.07) is 9.23. The van der Waals surface area contributed by atoms with Gasteiger partial charge in [-0.05, 0) is 38.1 Å². The molecule has 1 N–H and O–H groups in total. The van der Waals surface area contributed by atoms with E-state index in [1.807, 2.05) is 18.8 Å². The third kappa shape index (κ3) is 5.11. The van der Waals surface area contributed by atoms with Gasteiger partial charge in [-0.3, -0.25) is 0 Å². The molecule has 0 bridgehead atoms. The van der Waals surface area contributed by atoms with E-state index in [1.54, 1.807) is 7.11 Å². The van der Waals surface area contributed by atoms with Crippen molar-refractivity contribution in [1.29, 1.82) is 0 Å². The summed E-state index contributed by atoms with van der Waals surface area (Å²) in [7, 11) is 3.74. The Labute approximate surface area is 109 Å². The molecular weight excluding hydrogens is 230 g/mol. The monoisotopic (exact) mass is 253 g/mol. The zero-order valence-corrected chi connectivity index (χ0v) is 12.0. The van der Waals surface area contributed by atoms with Crippen LogP contribution in [0, 0.1) is 0 Å². The Balaban J connectivity index is 2.50. The first kappa shape index (κ1) is 14.6. The Morgan fingerprint density at radius 2 is 1.88 bits per heavy atom. The first-order valence-corrected chi connectivity index (χ1v) is 6.98. The molecular formula is C14H23NOS. The van der Waals surface area contributed by atoms with Gasteiger partial charge in [0.05, 0.1) is 0 Å². The maximum absolute atomic E-state index is 5.09. The molecule has 1 rings (SSSR count). The lowest BCUT2D eigenvalue weighted by Gasteiger charge is -2.13. The van der Waals surface area contributed by atoms with Crippen LogP contribution in [0.3, 0.4) is 0 Å². The van der Waals surface area contributed by atoms with E-state index in [4.69, 9.17) is 4.74 Å². The van der Waals surface area contributed by atoms with E-state index in [0.29, 0.717) is 11.3 Å². The van der Waals surface area contributed by atoms with Crippen molar-refractivity contribution in [3.8, 4) is 0 Å². The highest BCUT2D eigenvalue weighted by Gasteiger charge is 2.06. The molecule has 0 aromatic heterocycles. The number of nitrogens with one attached hydrogen (secondary N) is 1. The second-order valence-electron chi connectivity index (χ2n) is 4.29. The van der Waals surface area contributed by atoms with E-state index >= 15 is 0 Å². The van der Waals surface area contributed by atoms with E-state index in [2.05, 4.69) is 43.4 Å². The first-order chi connectivity index (χ1) is 8.17. The zero-order valence-electron chi connectivity index (χ0n) is 11.2. The van der Waals surface area contributed by atoms with Gasteiger partial charge in [0.2, 0.25) is 0 Å². The molecule has 1 aromatic carbocycles. The number of ether oxygens (including phenoxy) is 1. The van der Waals surface area contributed by atoms with Crippen LogP contribution in [0.1, 0.15) is 31.9 Å². The van der Waals surface area contributed by atoms with Crippen molar-refractivity contribution >= 4 is 11.8 Å². The molecule has 2 nitrogen and oxygen atoms in total. The van der Waals surface area contributed by atoms with Crippen LogP contribution in [-0.2, 0) is 4.74 Å². The van der Waals surface area contributed by atoms with E-state index in [1.165, 1.54) is 10.5 Å². The Morgan fingerprint density at radius 3 is 2.41 bits per heavy atom. The molecule has 2 unspecified atom stereocenters. The van der Waals surface area contributed by atoms with Gasteiger partial charge >= 0.3 is 0 Å². The second-order valence-corrected chi connectivity index (χ2v) is 5.80. The molecule has 0 spiro atoms. The Morgan fingerprint density at radius 1 is 1.24 bits per heavy atom. The highest BCUT2D eigenvalue weighted by atomic mass is 32.2. The van der Waals surface area contributed by atoms with Crippen LogP contribution < -0.4 is 5.32 Å². The minimum atomic E-state index is 0.417. The smallest absolute Gasteiger partial charge is 0.0472 e. The summed E-state index contributed by atoms with van der Waals surface area (Å²) in [5.41, 5.74) is 1.33. The summed E-state index contributed by atoms with van der Waals surface area (Å²) in [5.74, 6) is 0.